The minimum atomic E-state index is 0.0681. The van der Waals surface area contributed by atoms with Crippen molar-refractivity contribution in [2.75, 3.05) is 11.9 Å². The van der Waals surface area contributed by atoms with Crippen molar-refractivity contribution < 1.29 is 9.21 Å². The molecule has 2 heterocycles. The molecule has 0 fully saturated rings. The molecule has 1 aromatic carbocycles. The zero-order valence-corrected chi connectivity index (χ0v) is 11.5. The van der Waals surface area contributed by atoms with Gasteiger partial charge in [0.2, 0.25) is 5.91 Å². The molecule has 1 aliphatic heterocycles. The molecule has 0 saturated carbocycles. The van der Waals surface area contributed by atoms with Gasteiger partial charge in [0.25, 0.3) is 0 Å². The predicted octanol–water partition coefficient (Wildman–Crippen LogP) is 2.86. The fourth-order valence-corrected chi connectivity index (χ4v) is 2.58. The van der Waals surface area contributed by atoms with E-state index in [1.54, 1.807) is 12.5 Å². The lowest BCUT2D eigenvalue weighted by molar-refractivity contribution is -0.115. The van der Waals surface area contributed by atoms with E-state index in [-0.39, 0.29) is 11.9 Å². The lowest BCUT2D eigenvalue weighted by Gasteiger charge is -2.18. The van der Waals surface area contributed by atoms with Crippen molar-refractivity contribution in [1.29, 1.82) is 0 Å². The first-order valence-electron chi connectivity index (χ1n) is 6.96. The highest BCUT2D eigenvalue weighted by molar-refractivity contribution is 5.99. The maximum absolute atomic E-state index is 11.4. The Labute approximate surface area is 118 Å². The molecule has 3 rings (SSSR count). The summed E-state index contributed by atoms with van der Waals surface area (Å²) in [5.74, 6) is 0.0681. The van der Waals surface area contributed by atoms with Crippen molar-refractivity contribution >= 4 is 11.6 Å². The molecule has 1 amide bonds. The summed E-state index contributed by atoms with van der Waals surface area (Å²) >= 11 is 0. The number of benzene rings is 1. The van der Waals surface area contributed by atoms with E-state index < -0.39 is 0 Å². The van der Waals surface area contributed by atoms with Gasteiger partial charge in [0.05, 0.1) is 25.0 Å². The fourth-order valence-electron chi connectivity index (χ4n) is 2.58. The van der Waals surface area contributed by atoms with Crippen LogP contribution in [-0.4, -0.2) is 12.5 Å². The van der Waals surface area contributed by atoms with Crippen LogP contribution in [0.25, 0.3) is 0 Å². The second-order valence-corrected chi connectivity index (χ2v) is 5.09. The highest BCUT2D eigenvalue weighted by Gasteiger charge is 2.21. The third-order valence-corrected chi connectivity index (χ3v) is 3.56. The molecule has 2 N–H and O–H groups in total. The first-order chi connectivity index (χ1) is 9.78. The zero-order valence-electron chi connectivity index (χ0n) is 11.5. The number of anilines is 1. The van der Waals surface area contributed by atoms with Crippen molar-refractivity contribution in [2.24, 2.45) is 0 Å². The Morgan fingerprint density at radius 3 is 3.00 bits per heavy atom. The summed E-state index contributed by atoms with van der Waals surface area (Å²) in [5, 5.41) is 6.39. The minimum absolute atomic E-state index is 0.0681. The summed E-state index contributed by atoms with van der Waals surface area (Å²) in [6.45, 7) is 3.08. The average Bonchev–Trinajstić information content (AvgIpc) is 3.07. The first kappa shape index (κ1) is 12.9. The van der Waals surface area contributed by atoms with Crippen LogP contribution in [0.1, 0.15) is 36.1 Å². The van der Waals surface area contributed by atoms with Gasteiger partial charge in [-0.2, -0.15) is 0 Å². The van der Waals surface area contributed by atoms with Crippen LogP contribution in [0.3, 0.4) is 0 Å². The van der Waals surface area contributed by atoms with Crippen LogP contribution in [0, 0.1) is 0 Å². The third-order valence-electron chi connectivity index (χ3n) is 3.56. The second kappa shape index (κ2) is 5.51. The van der Waals surface area contributed by atoms with Crippen LogP contribution in [0.5, 0.6) is 0 Å². The normalized spacial score (nSPS) is 14.9. The maximum atomic E-state index is 11.4. The Kier molecular flexibility index (Phi) is 3.56. The molecule has 1 unspecified atom stereocenters. The van der Waals surface area contributed by atoms with Gasteiger partial charge >= 0.3 is 0 Å². The number of furan rings is 1. The molecule has 4 heteroatoms. The van der Waals surface area contributed by atoms with Crippen molar-refractivity contribution in [3.05, 3.63) is 53.5 Å². The molecular formula is C16H18N2O2. The molecule has 0 bridgehead atoms. The Hall–Kier alpha value is -2.07. The number of hydrogen-bond acceptors (Lipinski definition) is 3. The summed E-state index contributed by atoms with van der Waals surface area (Å²) in [7, 11) is 0. The molecule has 2 aromatic rings. The lowest BCUT2D eigenvalue weighted by Crippen LogP contribution is -2.22. The molecular weight excluding hydrogens is 252 g/mol. The SMILES string of the molecule is CCCNC(c1ccoc1)c1ccc2c(c1)CC(=O)N2. The Morgan fingerprint density at radius 2 is 2.25 bits per heavy atom. The van der Waals surface area contributed by atoms with Gasteiger partial charge in [0.1, 0.15) is 0 Å². The fraction of sp³-hybridized carbons (Fsp3) is 0.312. The quantitative estimate of drug-likeness (QED) is 0.878. The van der Waals surface area contributed by atoms with Crippen LogP contribution in [0.2, 0.25) is 0 Å². The van der Waals surface area contributed by atoms with E-state index in [0.717, 1.165) is 35.3 Å². The Bertz CT molecular complexity index is 605. The predicted molar refractivity (Wildman–Crippen MR) is 77.6 cm³/mol. The van der Waals surface area contributed by atoms with Gasteiger partial charge in [-0.05, 0) is 36.2 Å². The lowest BCUT2D eigenvalue weighted by atomic mass is 9.98. The van der Waals surface area contributed by atoms with E-state index in [2.05, 4.69) is 29.7 Å². The monoisotopic (exact) mass is 270 g/mol. The van der Waals surface area contributed by atoms with E-state index in [4.69, 9.17) is 4.42 Å². The van der Waals surface area contributed by atoms with Gasteiger partial charge in [0.15, 0.2) is 0 Å². The van der Waals surface area contributed by atoms with Gasteiger partial charge in [-0.15, -0.1) is 0 Å². The van der Waals surface area contributed by atoms with Crippen molar-refractivity contribution in [3.8, 4) is 0 Å². The molecule has 0 saturated heterocycles. The highest BCUT2D eigenvalue weighted by Crippen LogP contribution is 2.29. The minimum Gasteiger partial charge on any atom is -0.472 e. The van der Waals surface area contributed by atoms with Crippen LogP contribution < -0.4 is 10.6 Å². The summed E-state index contributed by atoms with van der Waals surface area (Å²) in [6, 6.07) is 8.23. The molecule has 0 radical (unpaired) electrons. The number of amides is 1. The maximum Gasteiger partial charge on any atom is 0.228 e. The van der Waals surface area contributed by atoms with E-state index >= 15 is 0 Å². The van der Waals surface area contributed by atoms with Crippen molar-refractivity contribution in [2.45, 2.75) is 25.8 Å². The number of rotatable bonds is 5. The molecule has 0 aliphatic carbocycles. The second-order valence-electron chi connectivity index (χ2n) is 5.09. The molecule has 1 aromatic heterocycles. The smallest absolute Gasteiger partial charge is 0.228 e. The number of hydrogen-bond donors (Lipinski definition) is 2. The van der Waals surface area contributed by atoms with Gasteiger partial charge in [-0.1, -0.05) is 19.1 Å². The van der Waals surface area contributed by atoms with E-state index in [9.17, 15) is 4.79 Å². The van der Waals surface area contributed by atoms with E-state index in [1.165, 1.54) is 0 Å². The van der Waals surface area contributed by atoms with Crippen LogP contribution in [0.15, 0.2) is 41.2 Å². The van der Waals surface area contributed by atoms with E-state index in [1.807, 2.05) is 12.1 Å². The molecule has 4 nitrogen and oxygen atoms in total. The van der Waals surface area contributed by atoms with Gasteiger partial charge < -0.3 is 15.1 Å². The number of fused-ring (bicyclic) bond motifs is 1. The summed E-state index contributed by atoms with van der Waals surface area (Å²) < 4.78 is 5.20. The Balaban J connectivity index is 1.91. The van der Waals surface area contributed by atoms with E-state index in [0.29, 0.717) is 6.42 Å². The number of nitrogens with one attached hydrogen (secondary N) is 2. The molecule has 1 atom stereocenters. The van der Waals surface area contributed by atoms with Gasteiger partial charge in [-0.25, -0.2) is 0 Å². The average molecular weight is 270 g/mol. The standard InChI is InChI=1S/C16H18N2O2/c1-2-6-17-16(12-5-7-20-10-12)11-3-4-14-13(8-11)9-15(19)18-14/h3-5,7-8,10,16-17H,2,6,9H2,1H3,(H,18,19). The number of carbonyl (C=O) groups excluding carboxylic acids is 1. The Morgan fingerprint density at radius 1 is 1.35 bits per heavy atom. The van der Waals surface area contributed by atoms with Crippen molar-refractivity contribution in [1.82, 2.24) is 5.32 Å². The molecule has 1 aliphatic rings. The zero-order chi connectivity index (χ0) is 13.9. The third kappa shape index (κ3) is 2.47. The molecule has 20 heavy (non-hydrogen) atoms. The molecule has 0 spiro atoms. The van der Waals surface area contributed by atoms with Crippen LogP contribution in [-0.2, 0) is 11.2 Å². The van der Waals surface area contributed by atoms with Crippen LogP contribution >= 0.6 is 0 Å². The first-order valence-corrected chi connectivity index (χ1v) is 6.96. The number of carbonyl (C=O) groups is 1. The summed E-state index contributed by atoms with van der Waals surface area (Å²) in [4.78, 5) is 11.4. The highest BCUT2D eigenvalue weighted by atomic mass is 16.3. The van der Waals surface area contributed by atoms with Crippen molar-refractivity contribution in [3.63, 3.8) is 0 Å². The largest absolute Gasteiger partial charge is 0.472 e. The summed E-state index contributed by atoms with van der Waals surface area (Å²) in [5.41, 5.74) is 4.27. The van der Waals surface area contributed by atoms with Crippen LogP contribution in [0.4, 0.5) is 5.69 Å². The van der Waals surface area contributed by atoms with Gasteiger partial charge in [-0.3, -0.25) is 4.79 Å². The van der Waals surface area contributed by atoms with Gasteiger partial charge in [0, 0.05) is 11.3 Å². The topological polar surface area (TPSA) is 54.3 Å². The summed E-state index contributed by atoms with van der Waals surface area (Å²) in [6.07, 6.45) is 4.99. The molecule has 104 valence electrons.